The van der Waals surface area contributed by atoms with Crippen molar-refractivity contribution in [3.63, 3.8) is 0 Å². The van der Waals surface area contributed by atoms with Crippen LogP contribution in [0.1, 0.15) is 22.9 Å². The molecule has 0 saturated carbocycles. The summed E-state index contributed by atoms with van der Waals surface area (Å²) in [5.74, 6) is 0. The van der Waals surface area contributed by atoms with Crippen molar-refractivity contribution in [2.75, 3.05) is 26.2 Å². The number of rotatable bonds is 3. The maximum Gasteiger partial charge on any atom is 0.0780 e. The number of aromatic nitrogens is 1. The third-order valence-electron chi connectivity index (χ3n) is 3.99. The fourth-order valence-corrected chi connectivity index (χ4v) is 3.36. The molecule has 1 unspecified atom stereocenters. The zero-order chi connectivity index (χ0) is 14.7. The van der Waals surface area contributed by atoms with E-state index in [2.05, 4.69) is 68.4 Å². The third kappa shape index (κ3) is 3.34. The molecular weight excluding hydrogens is 326 g/mol. The van der Waals surface area contributed by atoms with Gasteiger partial charge in [-0.05, 0) is 36.2 Å². The van der Waals surface area contributed by atoms with Crippen molar-refractivity contribution in [2.45, 2.75) is 13.0 Å². The summed E-state index contributed by atoms with van der Waals surface area (Å²) < 4.78 is 1.12. The minimum Gasteiger partial charge on any atom is -0.314 e. The largest absolute Gasteiger partial charge is 0.314 e. The quantitative estimate of drug-likeness (QED) is 0.926. The van der Waals surface area contributed by atoms with Crippen molar-refractivity contribution in [2.24, 2.45) is 0 Å². The maximum atomic E-state index is 4.68. The molecule has 0 spiro atoms. The van der Waals surface area contributed by atoms with Gasteiger partial charge >= 0.3 is 0 Å². The second-order valence-electron chi connectivity index (χ2n) is 5.45. The Morgan fingerprint density at radius 3 is 2.71 bits per heavy atom. The number of piperazine rings is 1. The smallest absolute Gasteiger partial charge is 0.0780 e. The molecule has 3 rings (SSSR count). The van der Waals surface area contributed by atoms with Crippen LogP contribution in [0.25, 0.3) is 0 Å². The average molecular weight is 346 g/mol. The van der Waals surface area contributed by atoms with Crippen LogP contribution in [0.4, 0.5) is 0 Å². The molecule has 0 radical (unpaired) electrons. The number of halogens is 1. The number of hydrogen-bond acceptors (Lipinski definition) is 3. The molecule has 1 N–H and O–H groups in total. The van der Waals surface area contributed by atoms with Crippen molar-refractivity contribution in [3.05, 3.63) is 63.9 Å². The van der Waals surface area contributed by atoms with Crippen molar-refractivity contribution in [1.29, 1.82) is 0 Å². The van der Waals surface area contributed by atoms with Crippen molar-refractivity contribution >= 4 is 15.9 Å². The van der Waals surface area contributed by atoms with E-state index in [1.54, 1.807) is 0 Å². The van der Waals surface area contributed by atoms with E-state index in [1.807, 2.05) is 12.3 Å². The lowest BCUT2D eigenvalue weighted by atomic mass is 9.97. The predicted octanol–water partition coefficient (Wildman–Crippen LogP) is 3.15. The summed E-state index contributed by atoms with van der Waals surface area (Å²) in [7, 11) is 0. The van der Waals surface area contributed by atoms with Gasteiger partial charge in [0, 0.05) is 36.8 Å². The van der Waals surface area contributed by atoms with Gasteiger partial charge < -0.3 is 5.32 Å². The van der Waals surface area contributed by atoms with E-state index in [1.165, 1.54) is 11.1 Å². The van der Waals surface area contributed by atoms with Gasteiger partial charge in [-0.2, -0.15) is 0 Å². The van der Waals surface area contributed by atoms with Gasteiger partial charge in [0.1, 0.15) is 0 Å². The zero-order valence-electron chi connectivity index (χ0n) is 12.2. The lowest BCUT2D eigenvalue weighted by Gasteiger charge is -2.35. The number of aryl methyl sites for hydroxylation is 1. The normalized spacial score (nSPS) is 17.6. The summed E-state index contributed by atoms with van der Waals surface area (Å²) in [5, 5.41) is 3.43. The van der Waals surface area contributed by atoms with Crippen LogP contribution in [-0.4, -0.2) is 36.1 Å². The van der Waals surface area contributed by atoms with Gasteiger partial charge in [0.25, 0.3) is 0 Å². The SMILES string of the molecule is Cc1cccnc1C(c1cccc(Br)c1)N1CCNCC1. The zero-order valence-corrected chi connectivity index (χ0v) is 13.8. The lowest BCUT2D eigenvalue weighted by Crippen LogP contribution is -2.45. The molecule has 0 amide bonds. The lowest BCUT2D eigenvalue weighted by molar-refractivity contribution is 0.195. The van der Waals surface area contributed by atoms with Crippen molar-refractivity contribution in [1.82, 2.24) is 15.2 Å². The van der Waals surface area contributed by atoms with Gasteiger partial charge in [-0.15, -0.1) is 0 Å². The van der Waals surface area contributed by atoms with E-state index in [-0.39, 0.29) is 6.04 Å². The Kier molecular flexibility index (Phi) is 4.68. The van der Waals surface area contributed by atoms with Crippen LogP contribution in [0.5, 0.6) is 0 Å². The van der Waals surface area contributed by atoms with Gasteiger partial charge in [0.05, 0.1) is 11.7 Å². The van der Waals surface area contributed by atoms with Crippen LogP contribution in [0.15, 0.2) is 47.1 Å². The van der Waals surface area contributed by atoms with E-state index in [4.69, 9.17) is 0 Å². The molecule has 110 valence electrons. The second kappa shape index (κ2) is 6.69. The predicted molar refractivity (Wildman–Crippen MR) is 89.4 cm³/mol. The molecule has 2 heterocycles. The highest BCUT2D eigenvalue weighted by Crippen LogP contribution is 2.30. The second-order valence-corrected chi connectivity index (χ2v) is 6.36. The van der Waals surface area contributed by atoms with Gasteiger partial charge in [-0.3, -0.25) is 9.88 Å². The molecule has 2 aromatic rings. The van der Waals surface area contributed by atoms with Gasteiger partial charge in [0.2, 0.25) is 0 Å². The van der Waals surface area contributed by atoms with Gasteiger partial charge in [-0.25, -0.2) is 0 Å². The molecule has 1 aromatic carbocycles. The Bertz CT molecular complexity index is 608. The molecule has 1 aliphatic rings. The Labute approximate surface area is 134 Å². The van der Waals surface area contributed by atoms with Crippen LogP contribution in [0.3, 0.4) is 0 Å². The van der Waals surface area contributed by atoms with Gasteiger partial charge in [-0.1, -0.05) is 34.1 Å². The Hall–Kier alpha value is -1.23. The first kappa shape index (κ1) is 14.7. The van der Waals surface area contributed by atoms with Crippen molar-refractivity contribution in [3.8, 4) is 0 Å². The molecule has 3 nitrogen and oxygen atoms in total. The molecule has 0 aliphatic carbocycles. The summed E-state index contributed by atoms with van der Waals surface area (Å²) >= 11 is 3.59. The highest BCUT2D eigenvalue weighted by Gasteiger charge is 2.26. The standard InChI is InChI=1S/C17H20BrN3/c1-13-4-3-7-20-16(13)17(21-10-8-19-9-11-21)14-5-2-6-15(18)12-14/h2-7,12,17,19H,8-11H2,1H3. The number of benzene rings is 1. The molecule has 1 atom stereocenters. The summed E-state index contributed by atoms with van der Waals surface area (Å²) in [6.45, 7) is 6.32. The van der Waals surface area contributed by atoms with E-state index in [9.17, 15) is 0 Å². The first-order chi connectivity index (χ1) is 10.3. The minimum atomic E-state index is 0.228. The summed E-state index contributed by atoms with van der Waals surface area (Å²) in [4.78, 5) is 7.20. The summed E-state index contributed by atoms with van der Waals surface area (Å²) in [5.41, 5.74) is 3.71. The number of nitrogens with one attached hydrogen (secondary N) is 1. The fraction of sp³-hybridized carbons (Fsp3) is 0.353. The van der Waals surface area contributed by atoms with E-state index < -0.39 is 0 Å². The van der Waals surface area contributed by atoms with E-state index in [0.717, 1.165) is 36.3 Å². The Morgan fingerprint density at radius 2 is 2.00 bits per heavy atom. The third-order valence-corrected chi connectivity index (χ3v) is 4.48. The summed E-state index contributed by atoms with van der Waals surface area (Å²) in [6.07, 6.45) is 1.90. The molecule has 1 aromatic heterocycles. The number of pyridine rings is 1. The first-order valence-corrected chi connectivity index (χ1v) is 8.17. The fourth-order valence-electron chi connectivity index (χ4n) is 2.94. The maximum absolute atomic E-state index is 4.68. The summed E-state index contributed by atoms with van der Waals surface area (Å²) in [6, 6.07) is 13.0. The van der Waals surface area contributed by atoms with Crippen LogP contribution < -0.4 is 5.32 Å². The average Bonchev–Trinajstić information content (AvgIpc) is 2.51. The molecular formula is C17H20BrN3. The topological polar surface area (TPSA) is 28.2 Å². The van der Waals surface area contributed by atoms with Crippen LogP contribution in [0, 0.1) is 6.92 Å². The monoisotopic (exact) mass is 345 g/mol. The Morgan fingerprint density at radius 1 is 1.19 bits per heavy atom. The number of nitrogens with zero attached hydrogens (tertiary/aromatic N) is 2. The van der Waals surface area contributed by atoms with E-state index in [0.29, 0.717) is 0 Å². The molecule has 21 heavy (non-hydrogen) atoms. The van der Waals surface area contributed by atoms with Crippen LogP contribution >= 0.6 is 15.9 Å². The van der Waals surface area contributed by atoms with E-state index >= 15 is 0 Å². The van der Waals surface area contributed by atoms with Crippen molar-refractivity contribution < 1.29 is 0 Å². The molecule has 1 saturated heterocycles. The molecule has 4 heteroatoms. The number of hydrogen-bond donors (Lipinski definition) is 1. The van der Waals surface area contributed by atoms with Crippen LogP contribution in [-0.2, 0) is 0 Å². The first-order valence-electron chi connectivity index (χ1n) is 7.37. The molecule has 1 aliphatic heterocycles. The highest BCUT2D eigenvalue weighted by atomic mass is 79.9. The highest BCUT2D eigenvalue weighted by molar-refractivity contribution is 9.10. The molecule has 0 bridgehead atoms. The van der Waals surface area contributed by atoms with Gasteiger partial charge in [0.15, 0.2) is 0 Å². The minimum absolute atomic E-state index is 0.228. The Balaban J connectivity index is 2.04. The van der Waals surface area contributed by atoms with Crippen LogP contribution in [0.2, 0.25) is 0 Å². The molecule has 1 fully saturated rings.